The molecule has 1 aliphatic heterocycles. The number of amides is 1. The highest BCUT2D eigenvalue weighted by Gasteiger charge is 2.21. The minimum absolute atomic E-state index is 0.0911. The van der Waals surface area contributed by atoms with Crippen molar-refractivity contribution in [2.75, 3.05) is 26.2 Å². The predicted molar refractivity (Wildman–Crippen MR) is 80.1 cm³/mol. The molecular formula is C16H24N2O2. The maximum absolute atomic E-state index is 12.5. The van der Waals surface area contributed by atoms with Gasteiger partial charge >= 0.3 is 0 Å². The van der Waals surface area contributed by atoms with Crippen LogP contribution in [0.3, 0.4) is 0 Å². The molecule has 0 aliphatic carbocycles. The molecule has 1 atom stereocenters. The van der Waals surface area contributed by atoms with E-state index >= 15 is 0 Å². The standard InChI is InChI=1S/C16H24N2O2/c1-12(2)11-20-15-6-4-5-14(9-15)16(19)18-8-7-17-13(3)10-18/h4-6,9,12-13,17H,7-8,10-11H2,1-3H3. The van der Waals surface area contributed by atoms with Gasteiger partial charge in [-0.3, -0.25) is 4.79 Å². The highest BCUT2D eigenvalue weighted by Crippen LogP contribution is 2.16. The molecule has 1 fully saturated rings. The summed E-state index contributed by atoms with van der Waals surface area (Å²) in [5.74, 6) is 1.34. The molecule has 1 aromatic carbocycles. The van der Waals surface area contributed by atoms with Gasteiger partial charge < -0.3 is 15.0 Å². The number of ether oxygens (including phenoxy) is 1. The summed E-state index contributed by atoms with van der Waals surface area (Å²) in [6.45, 7) is 9.37. The van der Waals surface area contributed by atoms with Crippen molar-refractivity contribution in [1.82, 2.24) is 10.2 Å². The lowest BCUT2D eigenvalue weighted by atomic mass is 10.1. The van der Waals surface area contributed by atoms with Gasteiger partial charge in [0.25, 0.3) is 5.91 Å². The topological polar surface area (TPSA) is 41.6 Å². The third kappa shape index (κ3) is 3.97. The second-order valence-corrected chi connectivity index (χ2v) is 5.84. The molecule has 0 radical (unpaired) electrons. The van der Waals surface area contributed by atoms with Gasteiger partial charge in [0.1, 0.15) is 5.75 Å². The summed E-state index contributed by atoms with van der Waals surface area (Å²) in [5.41, 5.74) is 0.709. The normalized spacial score (nSPS) is 19.2. The SMILES string of the molecule is CC(C)COc1cccc(C(=O)N2CCNC(C)C2)c1. The molecule has 0 spiro atoms. The van der Waals surface area contributed by atoms with Crippen LogP contribution in [0.1, 0.15) is 31.1 Å². The van der Waals surface area contributed by atoms with E-state index in [1.807, 2.05) is 29.2 Å². The van der Waals surface area contributed by atoms with Gasteiger partial charge in [-0.15, -0.1) is 0 Å². The van der Waals surface area contributed by atoms with E-state index in [1.54, 1.807) is 0 Å². The zero-order chi connectivity index (χ0) is 14.5. The van der Waals surface area contributed by atoms with Gasteiger partial charge in [0.2, 0.25) is 0 Å². The Morgan fingerprint density at radius 3 is 3.00 bits per heavy atom. The quantitative estimate of drug-likeness (QED) is 0.916. The maximum atomic E-state index is 12.5. The van der Waals surface area contributed by atoms with Crippen LogP contribution in [0.5, 0.6) is 5.75 Å². The van der Waals surface area contributed by atoms with Crippen molar-refractivity contribution in [3.8, 4) is 5.75 Å². The molecule has 2 rings (SSSR count). The Balaban J connectivity index is 2.04. The van der Waals surface area contributed by atoms with E-state index in [9.17, 15) is 4.79 Å². The van der Waals surface area contributed by atoms with Crippen molar-refractivity contribution in [2.45, 2.75) is 26.8 Å². The van der Waals surface area contributed by atoms with Crippen LogP contribution in [0, 0.1) is 5.92 Å². The maximum Gasteiger partial charge on any atom is 0.254 e. The molecule has 20 heavy (non-hydrogen) atoms. The molecule has 1 aliphatic rings. The van der Waals surface area contributed by atoms with Crippen LogP contribution in [-0.4, -0.2) is 43.1 Å². The van der Waals surface area contributed by atoms with Crippen LogP contribution in [0.4, 0.5) is 0 Å². The molecule has 0 saturated carbocycles. The Morgan fingerprint density at radius 2 is 2.30 bits per heavy atom. The summed E-state index contributed by atoms with van der Waals surface area (Å²) >= 11 is 0. The monoisotopic (exact) mass is 276 g/mol. The van der Waals surface area contributed by atoms with Gasteiger partial charge in [-0.05, 0) is 31.0 Å². The van der Waals surface area contributed by atoms with E-state index in [-0.39, 0.29) is 5.91 Å². The van der Waals surface area contributed by atoms with Gasteiger partial charge in [-0.1, -0.05) is 19.9 Å². The molecule has 4 heteroatoms. The van der Waals surface area contributed by atoms with E-state index in [0.717, 1.165) is 25.4 Å². The van der Waals surface area contributed by atoms with Crippen molar-refractivity contribution >= 4 is 5.91 Å². The third-order valence-corrected chi connectivity index (χ3v) is 3.32. The largest absolute Gasteiger partial charge is 0.493 e. The van der Waals surface area contributed by atoms with Gasteiger partial charge in [-0.25, -0.2) is 0 Å². The van der Waals surface area contributed by atoms with Crippen LogP contribution in [-0.2, 0) is 0 Å². The van der Waals surface area contributed by atoms with Crippen LogP contribution >= 0.6 is 0 Å². The van der Waals surface area contributed by atoms with Crippen LogP contribution in [0.2, 0.25) is 0 Å². The van der Waals surface area contributed by atoms with Crippen molar-refractivity contribution in [3.05, 3.63) is 29.8 Å². The summed E-state index contributed by atoms with van der Waals surface area (Å²) in [5, 5.41) is 3.34. The zero-order valence-electron chi connectivity index (χ0n) is 12.6. The smallest absolute Gasteiger partial charge is 0.254 e. The van der Waals surface area contributed by atoms with Crippen LogP contribution in [0.25, 0.3) is 0 Å². The lowest BCUT2D eigenvalue weighted by molar-refractivity contribution is 0.0708. The molecule has 1 saturated heterocycles. The Kier molecular flexibility index (Phi) is 5.01. The van der Waals surface area contributed by atoms with E-state index in [0.29, 0.717) is 24.1 Å². The molecule has 4 nitrogen and oxygen atoms in total. The lowest BCUT2D eigenvalue weighted by Gasteiger charge is -2.32. The molecule has 1 amide bonds. The molecule has 110 valence electrons. The van der Waals surface area contributed by atoms with Gasteiger partial charge in [0, 0.05) is 31.2 Å². The summed E-state index contributed by atoms with van der Waals surface area (Å²) in [6.07, 6.45) is 0. The van der Waals surface area contributed by atoms with E-state index in [4.69, 9.17) is 4.74 Å². The first-order chi connectivity index (χ1) is 9.56. The Labute approximate surface area is 121 Å². The van der Waals surface area contributed by atoms with Crippen LogP contribution in [0.15, 0.2) is 24.3 Å². The molecule has 1 unspecified atom stereocenters. The molecular weight excluding hydrogens is 252 g/mol. The van der Waals surface area contributed by atoms with Crippen molar-refractivity contribution in [2.24, 2.45) is 5.92 Å². The van der Waals surface area contributed by atoms with Crippen molar-refractivity contribution in [3.63, 3.8) is 0 Å². The summed E-state index contributed by atoms with van der Waals surface area (Å²) < 4.78 is 5.68. The van der Waals surface area contributed by atoms with E-state index in [2.05, 4.69) is 26.1 Å². The number of nitrogens with zero attached hydrogens (tertiary/aromatic N) is 1. The number of piperazine rings is 1. The summed E-state index contributed by atoms with van der Waals surface area (Å²) in [6, 6.07) is 7.84. The fourth-order valence-corrected chi connectivity index (χ4v) is 2.28. The number of rotatable bonds is 4. The van der Waals surface area contributed by atoms with Gasteiger partial charge in [-0.2, -0.15) is 0 Å². The molecule has 0 aromatic heterocycles. The highest BCUT2D eigenvalue weighted by molar-refractivity contribution is 5.94. The number of hydrogen-bond acceptors (Lipinski definition) is 3. The fourth-order valence-electron chi connectivity index (χ4n) is 2.28. The Morgan fingerprint density at radius 1 is 1.50 bits per heavy atom. The highest BCUT2D eigenvalue weighted by atomic mass is 16.5. The van der Waals surface area contributed by atoms with Gasteiger partial charge in [0.15, 0.2) is 0 Å². The number of nitrogens with one attached hydrogen (secondary N) is 1. The van der Waals surface area contributed by atoms with Crippen molar-refractivity contribution < 1.29 is 9.53 Å². The fraction of sp³-hybridized carbons (Fsp3) is 0.562. The van der Waals surface area contributed by atoms with Crippen LogP contribution < -0.4 is 10.1 Å². The summed E-state index contributed by atoms with van der Waals surface area (Å²) in [4.78, 5) is 14.4. The Bertz CT molecular complexity index is 460. The predicted octanol–water partition coefficient (Wildman–Crippen LogP) is 2.16. The minimum atomic E-state index is 0.0911. The van der Waals surface area contributed by atoms with Gasteiger partial charge in [0.05, 0.1) is 6.61 Å². The second-order valence-electron chi connectivity index (χ2n) is 5.84. The molecule has 1 aromatic rings. The first kappa shape index (κ1) is 14.9. The van der Waals surface area contributed by atoms with E-state index < -0.39 is 0 Å². The first-order valence-electron chi connectivity index (χ1n) is 7.32. The number of carbonyl (C=O) groups excluding carboxylic acids is 1. The second kappa shape index (κ2) is 6.75. The summed E-state index contributed by atoms with van der Waals surface area (Å²) in [7, 11) is 0. The minimum Gasteiger partial charge on any atom is -0.493 e. The zero-order valence-corrected chi connectivity index (χ0v) is 12.6. The Hall–Kier alpha value is -1.55. The molecule has 1 N–H and O–H groups in total. The first-order valence-corrected chi connectivity index (χ1v) is 7.32. The number of hydrogen-bond donors (Lipinski definition) is 1. The average Bonchev–Trinajstić information content (AvgIpc) is 2.44. The number of benzene rings is 1. The van der Waals surface area contributed by atoms with Crippen molar-refractivity contribution in [1.29, 1.82) is 0 Å². The number of carbonyl (C=O) groups is 1. The molecule has 0 bridgehead atoms. The molecule has 1 heterocycles. The third-order valence-electron chi connectivity index (χ3n) is 3.32. The lowest BCUT2D eigenvalue weighted by Crippen LogP contribution is -2.51. The van der Waals surface area contributed by atoms with E-state index in [1.165, 1.54) is 0 Å². The average molecular weight is 276 g/mol.